The summed E-state index contributed by atoms with van der Waals surface area (Å²) in [5.41, 5.74) is 0.216. The highest BCUT2D eigenvalue weighted by Gasteiger charge is 2.37. The molecule has 2 aliphatic heterocycles. The molecule has 0 aromatic carbocycles. The minimum absolute atomic E-state index is 0.0632. The average Bonchev–Trinajstić information content (AvgIpc) is 3.01. The van der Waals surface area contributed by atoms with E-state index in [2.05, 4.69) is 41.1 Å². The number of nitrogens with one attached hydrogen (secondary N) is 2. The predicted octanol–water partition coefficient (Wildman–Crippen LogP) is 0.833. The van der Waals surface area contributed by atoms with Gasteiger partial charge in [0.15, 0.2) is 5.65 Å². The van der Waals surface area contributed by atoms with Gasteiger partial charge in [-0.3, -0.25) is 9.78 Å². The largest absolute Gasteiger partial charge is 0.372 e. The van der Waals surface area contributed by atoms with Gasteiger partial charge in [-0.2, -0.15) is 10.1 Å². The first kappa shape index (κ1) is 16.5. The fourth-order valence-electron chi connectivity index (χ4n) is 3.70. The van der Waals surface area contributed by atoms with E-state index in [0.717, 1.165) is 45.6 Å². The molecular formula is C17H26N6O2. The predicted molar refractivity (Wildman–Crippen MR) is 96.1 cm³/mol. The number of piperidine rings is 1. The first-order valence-corrected chi connectivity index (χ1v) is 8.96. The van der Waals surface area contributed by atoms with Crippen LogP contribution in [0, 0.1) is 0 Å². The third-order valence-corrected chi connectivity index (χ3v) is 5.17. The van der Waals surface area contributed by atoms with Crippen molar-refractivity contribution in [3.63, 3.8) is 0 Å². The second kappa shape index (κ2) is 5.81. The van der Waals surface area contributed by atoms with E-state index < -0.39 is 0 Å². The van der Waals surface area contributed by atoms with Crippen molar-refractivity contribution in [1.82, 2.24) is 25.1 Å². The third kappa shape index (κ3) is 2.93. The minimum atomic E-state index is -0.229. The number of nitrogens with zero attached hydrogens (tertiary/aromatic N) is 4. The van der Waals surface area contributed by atoms with Crippen LogP contribution in [0.15, 0.2) is 11.0 Å². The molecule has 4 heterocycles. The molecule has 0 saturated carbocycles. The molecule has 2 aliphatic rings. The van der Waals surface area contributed by atoms with Gasteiger partial charge in [-0.25, -0.2) is 4.68 Å². The number of ether oxygens (including phenoxy) is 1. The molecule has 136 valence electrons. The van der Waals surface area contributed by atoms with Crippen molar-refractivity contribution in [2.45, 2.75) is 44.8 Å². The number of H-pyrrole nitrogens is 1. The highest BCUT2D eigenvalue weighted by atomic mass is 16.5. The Hall–Kier alpha value is -1.93. The molecule has 0 aliphatic carbocycles. The van der Waals surface area contributed by atoms with Gasteiger partial charge >= 0.3 is 0 Å². The van der Waals surface area contributed by atoms with Crippen LogP contribution in [-0.2, 0) is 10.3 Å². The number of anilines is 1. The third-order valence-electron chi connectivity index (χ3n) is 5.17. The maximum Gasteiger partial charge on any atom is 0.263 e. The highest BCUT2D eigenvalue weighted by molar-refractivity contribution is 5.74. The molecule has 4 rings (SSSR count). The van der Waals surface area contributed by atoms with Crippen LogP contribution in [0.25, 0.3) is 11.0 Å². The standard InChI is InChI=1S/C17H26N6O2/c1-16(2,3)23-13-12(10-19-23)14(24)21-15(20-13)22-7-4-17(5-8-22)11-18-6-9-25-17/h10,18H,4-9,11H2,1-3H3,(H,20,21,24). The number of fused-ring (bicyclic) bond motifs is 1. The molecule has 0 bridgehead atoms. The first-order chi connectivity index (χ1) is 11.9. The summed E-state index contributed by atoms with van der Waals surface area (Å²) >= 11 is 0. The lowest BCUT2D eigenvalue weighted by atomic mass is 9.90. The van der Waals surface area contributed by atoms with E-state index in [1.54, 1.807) is 6.20 Å². The van der Waals surface area contributed by atoms with E-state index in [0.29, 0.717) is 17.0 Å². The van der Waals surface area contributed by atoms with Crippen molar-refractivity contribution in [3.05, 3.63) is 16.6 Å². The number of hydrogen-bond donors (Lipinski definition) is 2. The Morgan fingerprint density at radius 1 is 1.28 bits per heavy atom. The first-order valence-electron chi connectivity index (χ1n) is 8.96. The van der Waals surface area contributed by atoms with Crippen molar-refractivity contribution in [2.75, 3.05) is 37.7 Å². The normalized spacial score (nSPS) is 21.2. The van der Waals surface area contributed by atoms with Gasteiger partial charge < -0.3 is 15.0 Å². The van der Waals surface area contributed by atoms with Crippen molar-refractivity contribution in [2.24, 2.45) is 0 Å². The molecule has 2 N–H and O–H groups in total. The Morgan fingerprint density at radius 3 is 2.68 bits per heavy atom. The van der Waals surface area contributed by atoms with Gasteiger partial charge in [0.25, 0.3) is 5.56 Å². The molecule has 0 radical (unpaired) electrons. The molecular weight excluding hydrogens is 320 g/mol. The molecule has 8 heteroatoms. The van der Waals surface area contributed by atoms with Gasteiger partial charge in [0.2, 0.25) is 5.95 Å². The molecule has 2 aromatic heterocycles. The topological polar surface area (TPSA) is 88.1 Å². The van der Waals surface area contributed by atoms with Crippen molar-refractivity contribution in [1.29, 1.82) is 0 Å². The van der Waals surface area contributed by atoms with E-state index in [1.807, 2.05) is 4.68 Å². The van der Waals surface area contributed by atoms with Crippen LogP contribution in [0.4, 0.5) is 5.95 Å². The summed E-state index contributed by atoms with van der Waals surface area (Å²) in [7, 11) is 0. The van der Waals surface area contributed by atoms with Crippen LogP contribution in [-0.4, -0.2) is 58.1 Å². The van der Waals surface area contributed by atoms with Crippen molar-refractivity contribution in [3.8, 4) is 0 Å². The van der Waals surface area contributed by atoms with E-state index in [-0.39, 0.29) is 16.7 Å². The second-order valence-electron chi connectivity index (χ2n) is 8.05. The number of aromatic amines is 1. The Labute approximate surface area is 146 Å². The summed E-state index contributed by atoms with van der Waals surface area (Å²) in [6.45, 7) is 10.4. The lowest BCUT2D eigenvalue weighted by Gasteiger charge is -2.44. The van der Waals surface area contributed by atoms with Crippen LogP contribution in [0.1, 0.15) is 33.6 Å². The zero-order chi connectivity index (χ0) is 17.7. The van der Waals surface area contributed by atoms with Crippen molar-refractivity contribution >= 4 is 17.0 Å². The lowest BCUT2D eigenvalue weighted by molar-refractivity contribution is -0.0800. The number of rotatable bonds is 1. The zero-order valence-electron chi connectivity index (χ0n) is 15.1. The van der Waals surface area contributed by atoms with Crippen molar-refractivity contribution < 1.29 is 4.74 Å². The Bertz CT molecular complexity index is 818. The molecule has 0 amide bonds. The quantitative estimate of drug-likeness (QED) is 0.795. The van der Waals surface area contributed by atoms with Gasteiger partial charge in [-0.15, -0.1) is 0 Å². The summed E-state index contributed by atoms with van der Waals surface area (Å²) in [4.78, 5) is 22.3. The van der Waals surface area contributed by atoms with Gasteiger partial charge in [0.05, 0.1) is 23.9 Å². The molecule has 25 heavy (non-hydrogen) atoms. The maximum atomic E-state index is 12.5. The van der Waals surface area contributed by atoms with E-state index in [1.165, 1.54) is 0 Å². The molecule has 2 fully saturated rings. The Morgan fingerprint density at radius 2 is 2.04 bits per heavy atom. The summed E-state index contributed by atoms with van der Waals surface area (Å²) in [6.07, 6.45) is 3.46. The molecule has 1 spiro atoms. The zero-order valence-corrected chi connectivity index (χ0v) is 15.1. The van der Waals surface area contributed by atoms with Crippen LogP contribution < -0.4 is 15.8 Å². The van der Waals surface area contributed by atoms with Crippen LogP contribution in [0.3, 0.4) is 0 Å². The minimum Gasteiger partial charge on any atom is -0.372 e. The molecule has 8 nitrogen and oxygen atoms in total. The maximum absolute atomic E-state index is 12.5. The molecule has 2 saturated heterocycles. The van der Waals surface area contributed by atoms with E-state index in [4.69, 9.17) is 9.72 Å². The van der Waals surface area contributed by atoms with Crippen LogP contribution >= 0.6 is 0 Å². The number of hydrogen-bond acceptors (Lipinski definition) is 6. The number of aromatic nitrogens is 4. The molecule has 0 unspecified atom stereocenters. The highest BCUT2D eigenvalue weighted by Crippen LogP contribution is 2.29. The van der Waals surface area contributed by atoms with E-state index in [9.17, 15) is 4.79 Å². The lowest BCUT2D eigenvalue weighted by Crippen LogP contribution is -2.56. The number of morpholine rings is 1. The second-order valence-corrected chi connectivity index (χ2v) is 8.05. The van der Waals surface area contributed by atoms with E-state index >= 15 is 0 Å². The summed E-state index contributed by atoms with van der Waals surface area (Å²) in [6, 6.07) is 0. The average molecular weight is 346 g/mol. The smallest absolute Gasteiger partial charge is 0.263 e. The summed E-state index contributed by atoms with van der Waals surface area (Å²) in [5, 5.41) is 8.33. The summed E-state index contributed by atoms with van der Waals surface area (Å²) in [5.74, 6) is 0.627. The van der Waals surface area contributed by atoms with Crippen LogP contribution in [0.5, 0.6) is 0 Å². The Kier molecular flexibility index (Phi) is 3.84. The Balaban J connectivity index is 1.63. The monoisotopic (exact) mass is 346 g/mol. The van der Waals surface area contributed by atoms with Gasteiger partial charge in [0, 0.05) is 26.2 Å². The van der Waals surface area contributed by atoms with Crippen LogP contribution in [0.2, 0.25) is 0 Å². The molecule has 0 atom stereocenters. The van der Waals surface area contributed by atoms with Gasteiger partial charge in [-0.1, -0.05) is 0 Å². The SMILES string of the molecule is CC(C)(C)n1ncc2c(=O)[nH]c(N3CCC4(CC3)CNCCO4)nc21. The van der Waals surface area contributed by atoms with Gasteiger partial charge in [0.1, 0.15) is 5.39 Å². The fourth-order valence-corrected chi connectivity index (χ4v) is 3.70. The van der Waals surface area contributed by atoms with Gasteiger partial charge in [-0.05, 0) is 33.6 Å². The summed E-state index contributed by atoms with van der Waals surface area (Å²) < 4.78 is 7.86. The molecule has 2 aromatic rings. The fraction of sp³-hybridized carbons (Fsp3) is 0.706.